The van der Waals surface area contributed by atoms with Crippen LogP contribution in [-0.4, -0.2) is 32.3 Å². The van der Waals surface area contributed by atoms with E-state index in [0.717, 1.165) is 21.6 Å². The average Bonchev–Trinajstić information content (AvgIpc) is 2.97. The fourth-order valence-electron chi connectivity index (χ4n) is 5.39. The topological polar surface area (TPSA) is 79.4 Å². The Bertz CT molecular complexity index is 1800. The smallest absolute Gasteiger partial charge is 0.449 e. The van der Waals surface area contributed by atoms with Gasteiger partial charge in [-0.3, -0.25) is 4.79 Å². The van der Waals surface area contributed by atoms with Crippen LogP contribution in [0.25, 0.3) is 11.0 Å². The number of hydrogen-bond acceptors (Lipinski definition) is 6. The molecule has 1 fully saturated rings. The van der Waals surface area contributed by atoms with E-state index >= 15 is 0 Å². The summed E-state index contributed by atoms with van der Waals surface area (Å²) in [6.45, 7) is 13.7. The zero-order valence-corrected chi connectivity index (χ0v) is 26.2. The second kappa shape index (κ2) is 12.3. The molecule has 0 aliphatic carbocycles. The maximum Gasteiger partial charge on any atom is 0.453 e. The van der Waals surface area contributed by atoms with Crippen molar-refractivity contribution in [1.29, 1.82) is 0 Å². The number of quaternary nitrogens is 1. The largest absolute Gasteiger partial charge is 0.453 e. The first-order valence-corrected chi connectivity index (χ1v) is 14.8. The maximum absolute atomic E-state index is 14.5. The summed E-state index contributed by atoms with van der Waals surface area (Å²) in [6.07, 6.45) is -5.06. The van der Waals surface area contributed by atoms with Gasteiger partial charge < -0.3 is 23.5 Å². The molecule has 1 N–H and O–H groups in total. The molecule has 1 aliphatic rings. The fraction of sp³-hybridized carbons (Fsp3) is 0.371. The predicted molar refractivity (Wildman–Crippen MR) is 164 cm³/mol. The third kappa shape index (κ3) is 6.92. The minimum Gasteiger partial charge on any atom is -0.449 e. The fourth-order valence-corrected chi connectivity index (χ4v) is 5.39. The van der Waals surface area contributed by atoms with Gasteiger partial charge in [0.1, 0.15) is 31.1 Å². The molecule has 238 valence electrons. The Morgan fingerprint density at radius 2 is 1.60 bits per heavy atom. The predicted octanol–water partition coefficient (Wildman–Crippen LogP) is 6.46. The van der Waals surface area contributed by atoms with Gasteiger partial charge >= 0.3 is 12.1 Å². The number of ether oxygens (including phenoxy) is 3. The van der Waals surface area contributed by atoms with Crippen LogP contribution in [-0.2, 0) is 22.9 Å². The van der Waals surface area contributed by atoms with Crippen LogP contribution in [0.5, 0.6) is 17.2 Å². The number of morpholine rings is 1. The molecule has 0 bridgehead atoms. The molecule has 10 heteroatoms. The van der Waals surface area contributed by atoms with Crippen LogP contribution in [0.4, 0.5) is 13.2 Å². The lowest BCUT2D eigenvalue weighted by atomic mass is 9.87. The summed E-state index contributed by atoms with van der Waals surface area (Å²) >= 11 is 0. The molecule has 0 spiro atoms. The highest BCUT2D eigenvalue weighted by Crippen LogP contribution is 2.41. The number of nitrogens with one attached hydrogen (secondary N) is 1. The van der Waals surface area contributed by atoms with Gasteiger partial charge in [-0.25, -0.2) is 4.79 Å². The zero-order valence-electron chi connectivity index (χ0n) is 26.2. The normalized spacial score (nSPS) is 14.5. The molecule has 45 heavy (non-hydrogen) atoms. The summed E-state index contributed by atoms with van der Waals surface area (Å²) < 4.78 is 66.1. The summed E-state index contributed by atoms with van der Waals surface area (Å²) in [7, 11) is 0. The summed E-state index contributed by atoms with van der Waals surface area (Å²) in [5, 5.41) is -0.114. The van der Waals surface area contributed by atoms with Crippen molar-refractivity contribution < 1.29 is 41.5 Å². The molecule has 3 aromatic carbocycles. The average molecular weight is 625 g/mol. The van der Waals surface area contributed by atoms with E-state index < -0.39 is 29.1 Å². The van der Waals surface area contributed by atoms with Gasteiger partial charge in [-0.05, 0) is 78.8 Å². The first kappa shape index (κ1) is 32.2. The second-order valence-corrected chi connectivity index (χ2v) is 12.6. The molecule has 0 atom stereocenters. The molecule has 0 radical (unpaired) electrons. The quantitative estimate of drug-likeness (QED) is 0.196. The van der Waals surface area contributed by atoms with Gasteiger partial charge in [0, 0.05) is 0 Å². The SMILES string of the molecule is Cc1cc(C)c(C)c(Oc2c(C(F)(F)F)oc3c(C[NH+]4CCOCC4)c(OC(=O)c4ccc(C(C)(C)C)cc4)ccc3c2=O)c1. The molecule has 0 saturated carbocycles. The molecule has 0 unspecified atom stereocenters. The molecule has 1 aromatic heterocycles. The molecule has 4 aromatic rings. The van der Waals surface area contributed by atoms with Crippen LogP contribution >= 0.6 is 0 Å². The Balaban J connectivity index is 1.64. The molecule has 0 amide bonds. The Morgan fingerprint density at radius 3 is 2.22 bits per heavy atom. The Hall–Kier alpha value is -4.15. The van der Waals surface area contributed by atoms with Crippen molar-refractivity contribution in [3.8, 4) is 17.2 Å². The third-order valence-electron chi connectivity index (χ3n) is 8.13. The molecular formula is C35H37F3NO6+. The van der Waals surface area contributed by atoms with Crippen molar-refractivity contribution in [1.82, 2.24) is 0 Å². The summed E-state index contributed by atoms with van der Waals surface area (Å²) in [5.74, 6) is -3.04. The van der Waals surface area contributed by atoms with Crippen molar-refractivity contribution in [2.45, 2.75) is 59.7 Å². The van der Waals surface area contributed by atoms with Crippen molar-refractivity contribution in [2.75, 3.05) is 26.3 Å². The van der Waals surface area contributed by atoms with Gasteiger partial charge in [-0.2, -0.15) is 13.2 Å². The number of carbonyl (C=O) groups is 1. The van der Waals surface area contributed by atoms with Gasteiger partial charge in [0.25, 0.3) is 5.76 Å². The summed E-state index contributed by atoms with van der Waals surface area (Å²) in [6, 6.07) is 13.2. The number of alkyl halides is 3. The van der Waals surface area contributed by atoms with Crippen molar-refractivity contribution >= 4 is 16.9 Å². The molecule has 2 heterocycles. The van der Waals surface area contributed by atoms with E-state index in [0.29, 0.717) is 31.9 Å². The van der Waals surface area contributed by atoms with E-state index in [1.807, 2.05) is 25.1 Å². The molecule has 5 rings (SSSR count). The minimum atomic E-state index is -5.06. The van der Waals surface area contributed by atoms with Crippen LogP contribution in [0, 0.1) is 20.8 Å². The van der Waals surface area contributed by atoms with Crippen LogP contribution in [0.1, 0.15) is 64.7 Å². The summed E-state index contributed by atoms with van der Waals surface area (Å²) in [4.78, 5) is 28.0. The minimum absolute atomic E-state index is 0.0153. The number of hydrogen-bond donors (Lipinski definition) is 1. The van der Waals surface area contributed by atoms with Gasteiger partial charge in [-0.15, -0.1) is 0 Å². The highest BCUT2D eigenvalue weighted by molar-refractivity contribution is 5.92. The van der Waals surface area contributed by atoms with E-state index in [-0.39, 0.29) is 45.6 Å². The van der Waals surface area contributed by atoms with Crippen molar-refractivity contribution in [2.24, 2.45) is 0 Å². The first-order chi connectivity index (χ1) is 21.1. The van der Waals surface area contributed by atoms with E-state index in [1.54, 1.807) is 32.0 Å². The van der Waals surface area contributed by atoms with Gasteiger partial charge in [0.2, 0.25) is 11.2 Å². The van der Waals surface area contributed by atoms with E-state index in [2.05, 4.69) is 20.8 Å². The van der Waals surface area contributed by atoms with Gasteiger partial charge in [0.15, 0.2) is 5.58 Å². The Morgan fingerprint density at radius 1 is 0.933 bits per heavy atom. The molecular weight excluding hydrogens is 587 g/mol. The lowest BCUT2D eigenvalue weighted by Gasteiger charge is -2.25. The molecule has 1 saturated heterocycles. The number of esters is 1. The van der Waals surface area contributed by atoms with E-state index in [9.17, 15) is 22.8 Å². The van der Waals surface area contributed by atoms with Crippen molar-refractivity contribution in [3.05, 3.63) is 97.9 Å². The monoisotopic (exact) mass is 624 g/mol. The Kier molecular flexibility index (Phi) is 8.83. The summed E-state index contributed by atoms with van der Waals surface area (Å²) in [5.41, 5.74) is 2.25. The number of halogens is 3. The number of aryl methyl sites for hydroxylation is 2. The highest BCUT2D eigenvalue weighted by atomic mass is 19.4. The van der Waals surface area contributed by atoms with Crippen LogP contribution in [0.15, 0.2) is 57.7 Å². The lowest BCUT2D eigenvalue weighted by Crippen LogP contribution is -3.12. The van der Waals surface area contributed by atoms with Crippen LogP contribution < -0.4 is 19.8 Å². The zero-order chi connectivity index (χ0) is 32.7. The van der Waals surface area contributed by atoms with Crippen LogP contribution in [0.2, 0.25) is 0 Å². The highest BCUT2D eigenvalue weighted by Gasteiger charge is 2.41. The first-order valence-electron chi connectivity index (χ1n) is 14.8. The second-order valence-electron chi connectivity index (χ2n) is 12.6. The molecule has 1 aliphatic heterocycles. The number of benzene rings is 3. The standard InChI is InChI=1S/C35H36F3NO6/c1-20-17-21(2)22(3)28(18-20)43-31-29(40)25-11-12-27(44-33(41)23-7-9-24(10-8-23)34(4,5)6)26(19-39-13-15-42-16-14-39)30(25)45-32(31)35(36,37)38/h7-12,17-18H,13-16,19H2,1-6H3/p+1. The van der Waals surface area contributed by atoms with Crippen LogP contribution in [0.3, 0.4) is 0 Å². The molecule has 7 nitrogen and oxygen atoms in total. The number of fused-ring (bicyclic) bond motifs is 1. The number of rotatable bonds is 6. The van der Waals surface area contributed by atoms with Crippen molar-refractivity contribution in [3.63, 3.8) is 0 Å². The lowest BCUT2D eigenvalue weighted by molar-refractivity contribution is -0.921. The maximum atomic E-state index is 14.5. The van der Waals surface area contributed by atoms with Gasteiger partial charge in [-0.1, -0.05) is 39.0 Å². The third-order valence-corrected chi connectivity index (χ3v) is 8.13. The van der Waals surface area contributed by atoms with Gasteiger partial charge in [0.05, 0.1) is 29.7 Å². The Labute approximate surface area is 259 Å². The number of carbonyl (C=O) groups excluding carboxylic acids is 1. The van der Waals surface area contributed by atoms with E-state index in [1.165, 1.54) is 12.1 Å². The van der Waals surface area contributed by atoms with E-state index in [4.69, 9.17) is 18.6 Å².